The van der Waals surface area contributed by atoms with Gasteiger partial charge in [0.1, 0.15) is 5.71 Å². The molecule has 0 aromatic rings. The average Bonchev–Trinajstić information content (AvgIpc) is 2.30. The van der Waals surface area contributed by atoms with Crippen LogP contribution in [0.1, 0.15) is 32.1 Å². The largest absolute Gasteiger partial charge is 0.465 e. The standard InChI is InChI=1S/C11H17NO2S/c1-14-11(13)10(12-7-8-15)9-5-3-2-4-6-9/h8-9H,2-7H2,1H3. The van der Waals surface area contributed by atoms with Gasteiger partial charge in [0, 0.05) is 11.3 Å². The average molecular weight is 227 g/mol. The third-order valence-corrected chi connectivity index (χ3v) is 2.87. The smallest absolute Gasteiger partial charge is 0.352 e. The molecule has 3 nitrogen and oxygen atoms in total. The van der Waals surface area contributed by atoms with Gasteiger partial charge in [-0.25, -0.2) is 4.79 Å². The van der Waals surface area contributed by atoms with Gasteiger partial charge in [-0.1, -0.05) is 31.5 Å². The molecular formula is C11H17NO2S. The Morgan fingerprint density at radius 2 is 2.13 bits per heavy atom. The number of hydrogen-bond donors (Lipinski definition) is 0. The molecule has 0 aliphatic heterocycles. The first-order valence-electron chi connectivity index (χ1n) is 5.36. The van der Waals surface area contributed by atoms with Gasteiger partial charge in [-0.3, -0.25) is 4.99 Å². The molecule has 0 N–H and O–H groups in total. The van der Waals surface area contributed by atoms with Crippen LogP contribution in [0.5, 0.6) is 0 Å². The van der Waals surface area contributed by atoms with E-state index in [2.05, 4.69) is 4.99 Å². The van der Waals surface area contributed by atoms with E-state index in [1.165, 1.54) is 31.7 Å². The molecule has 0 bridgehead atoms. The molecule has 0 aromatic heterocycles. The number of carbonyl (C=O) groups is 1. The molecule has 0 radical (unpaired) electrons. The summed E-state index contributed by atoms with van der Waals surface area (Å²) in [4.78, 5) is 15.7. The lowest BCUT2D eigenvalue weighted by molar-refractivity contribution is -0.133. The van der Waals surface area contributed by atoms with E-state index >= 15 is 0 Å². The Hall–Kier alpha value is -0.770. The Balaban J connectivity index is 2.69. The van der Waals surface area contributed by atoms with Gasteiger partial charge in [0.05, 0.1) is 13.7 Å². The first kappa shape index (κ1) is 12.3. The number of aliphatic imine (C=N–C) groups is 1. The maximum Gasteiger partial charge on any atom is 0.352 e. The molecule has 1 fully saturated rings. The highest BCUT2D eigenvalue weighted by Crippen LogP contribution is 2.25. The summed E-state index contributed by atoms with van der Waals surface area (Å²) in [6, 6.07) is 0. The topological polar surface area (TPSA) is 38.7 Å². The molecule has 1 aliphatic rings. The highest BCUT2D eigenvalue weighted by Gasteiger charge is 2.24. The summed E-state index contributed by atoms with van der Waals surface area (Å²) < 4.78 is 4.75. The third-order valence-electron chi connectivity index (χ3n) is 2.72. The summed E-state index contributed by atoms with van der Waals surface area (Å²) in [5.41, 5.74) is 0.582. The van der Waals surface area contributed by atoms with Crippen LogP contribution in [-0.2, 0) is 9.53 Å². The SMILES string of the molecule is COC(=O)C(=NCC=S)C1CCCCC1. The molecular weight excluding hydrogens is 210 g/mol. The van der Waals surface area contributed by atoms with Crippen molar-refractivity contribution < 1.29 is 9.53 Å². The van der Waals surface area contributed by atoms with Crippen molar-refractivity contribution in [3.05, 3.63) is 0 Å². The Morgan fingerprint density at radius 1 is 1.47 bits per heavy atom. The molecule has 15 heavy (non-hydrogen) atoms. The molecule has 0 heterocycles. The number of ether oxygens (including phenoxy) is 1. The Labute approximate surface area is 95.9 Å². The van der Waals surface area contributed by atoms with Crippen LogP contribution in [0.2, 0.25) is 0 Å². The number of methoxy groups -OCH3 is 1. The van der Waals surface area contributed by atoms with Gasteiger partial charge in [-0.15, -0.1) is 0 Å². The van der Waals surface area contributed by atoms with Crippen LogP contribution in [0.15, 0.2) is 4.99 Å². The van der Waals surface area contributed by atoms with Gasteiger partial charge >= 0.3 is 5.97 Å². The van der Waals surface area contributed by atoms with Gasteiger partial charge in [0.15, 0.2) is 0 Å². The van der Waals surface area contributed by atoms with Crippen molar-refractivity contribution in [3.8, 4) is 0 Å². The van der Waals surface area contributed by atoms with E-state index in [0.717, 1.165) is 12.8 Å². The minimum absolute atomic E-state index is 0.279. The van der Waals surface area contributed by atoms with Crippen molar-refractivity contribution in [3.63, 3.8) is 0 Å². The van der Waals surface area contributed by atoms with E-state index in [-0.39, 0.29) is 11.9 Å². The van der Waals surface area contributed by atoms with Crippen LogP contribution in [0.3, 0.4) is 0 Å². The second kappa shape index (κ2) is 6.67. The lowest BCUT2D eigenvalue weighted by Gasteiger charge is -2.21. The maximum absolute atomic E-state index is 11.5. The van der Waals surface area contributed by atoms with E-state index in [1.807, 2.05) is 0 Å². The van der Waals surface area contributed by atoms with Crippen molar-refractivity contribution >= 4 is 29.3 Å². The van der Waals surface area contributed by atoms with E-state index in [4.69, 9.17) is 17.0 Å². The third kappa shape index (κ3) is 3.70. The minimum atomic E-state index is -0.293. The number of thiocarbonyl (C=S) groups is 1. The second-order valence-corrected chi connectivity index (χ2v) is 4.05. The molecule has 0 saturated heterocycles. The molecule has 4 heteroatoms. The van der Waals surface area contributed by atoms with Crippen LogP contribution >= 0.6 is 12.2 Å². The Morgan fingerprint density at radius 3 is 2.67 bits per heavy atom. The summed E-state index contributed by atoms with van der Waals surface area (Å²) in [5.74, 6) is -0.0140. The number of nitrogens with zero attached hydrogens (tertiary/aromatic N) is 1. The number of hydrogen-bond acceptors (Lipinski definition) is 4. The van der Waals surface area contributed by atoms with Gasteiger partial charge in [0.25, 0.3) is 0 Å². The zero-order valence-corrected chi connectivity index (χ0v) is 9.89. The number of carbonyl (C=O) groups excluding carboxylic acids is 1. The summed E-state index contributed by atoms with van der Waals surface area (Å²) in [6.07, 6.45) is 5.71. The maximum atomic E-state index is 11.5. The molecule has 0 spiro atoms. The molecule has 84 valence electrons. The molecule has 0 atom stereocenters. The van der Waals surface area contributed by atoms with E-state index in [0.29, 0.717) is 12.3 Å². The van der Waals surface area contributed by atoms with Gasteiger partial charge in [-0.05, 0) is 12.8 Å². The summed E-state index contributed by atoms with van der Waals surface area (Å²) in [6.45, 7) is 0.427. The normalized spacial score (nSPS) is 18.6. The quantitative estimate of drug-likeness (QED) is 0.420. The van der Waals surface area contributed by atoms with Crippen molar-refractivity contribution in [2.75, 3.05) is 13.7 Å². The van der Waals surface area contributed by atoms with Crippen molar-refractivity contribution in [1.29, 1.82) is 0 Å². The highest BCUT2D eigenvalue weighted by atomic mass is 32.1. The first-order chi connectivity index (χ1) is 7.29. The number of esters is 1. The predicted molar refractivity (Wildman–Crippen MR) is 64.5 cm³/mol. The predicted octanol–water partition coefficient (Wildman–Crippen LogP) is 2.18. The molecule has 0 aromatic carbocycles. The lowest BCUT2D eigenvalue weighted by atomic mass is 9.85. The summed E-state index contributed by atoms with van der Waals surface area (Å²) >= 11 is 4.71. The fourth-order valence-electron chi connectivity index (χ4n) is 1.98. The first-order valence-corrected chi connectivity index (χ1v) is 5.83. The zero-order chi connectivity index (χ0) is 11.1. The molecule has 1 aliphatic carbocycles. The van der Waals surface area contributed by atoms with Crippen molar-refractivity contribution in [2.24, 2.45) is 10.9 Å². The van der Waals surface area contributed by atoms with E-state index in [9.17, 15) is 4.79 Å². The highest BCUT2D eigenvalue weighted by molar-refractivity contribution is 7.79. The van der Waals surface area contributed by atoms with Gasteiger partial charge in [0.2, 0.25) is 0 Å². The van der Waals surface area contributed by atoms with Gasteiger partial charge in [-0.2, -0.15) is 0 Å². The van der Waals surface area contributed by atoms with Crippen molar-refractivity contribution in [1.82, 2.24) is 0 Å². The fourth-order valence-corrected chi connectivity index (χ4v) is 2.05. The summed E-state index contributed by atoms with van der Waals surface area (Å²) in [5, 5.41) is 1.53. The Bertz CT molecular complexity index is 257. The fraction of sp³-hybridized carbons (Fsp3) is 0.727. The van der Waals surface area contributed by atoms with Crippen LogP contribution < -0.4 is 0 Å². The van der Waals surface area contributed by atoms with Crippen molar-refractivity contribution in [2.45, 2.75) is 32.1 Å². The van der Waals surface area contributed by atoms with E-state index < -0.39 is 0 Å². The minimum Gasteiger partial charge on any atom is -0.465 e. The number of rotatable bonds is 4. The van der Waals surface area contributed by atoms with Crippen LogP contribution in [-0.4, -0.2) is 30.7 Å². The monoisotopic (exact) mass is 227 g/mol. The van der Waals surface area contributed by atoms with Crippen LogP contribution in [0.25, 0.3) is 0 Å². The molecule has 1 saturated carbocycles. The van der Waals surface area contributed by atoms with Gasteiger partial charge < -0.3 is 4.74 Å². The molecule has 0 amide bonds. The van der Waals surface area contributed by atoms with Crippen LogP contribution in [0.4, 0.5) is 0 Å². The second-order valence-electron chi connectivity index (χ2n) is 3.72. The summed E-state index contributed by atoms with van der Waals surface area (Å²) in [7, 11) is 1.40. The Kier molecular flexibility index (Phi) is 5.47. The molecule has 0 unspecified atom stereocenters. The lowest BCUT2D eigenvalue weighted by Crippen LogP contribution is -2.27. The zero-order valence-electron chi connectivity index (χ0n) is 9.07. The van der Waals surface area contributed by atoms with E-state index in [1.54, 1.807) is 0 Å². The molecule has 1 rings (SSSR count). The van der Waals surface area contributed by atoms with Crippen LogP contribution in [0, 0.1) is 5.92 Å².